The van der Waals surface area contributed by atoms with Crippen molar-refractivity contribution in [3.8, 4) is 11.8 Å². The van der Waals surface area contributed by atoms with E-state index in [2.05, 4.69) is 16.7 Å². The number of nitrogens with one attached hydrogen (secondary N) is 2. The minimum Gasteiger partial charge on any atom is -0.494 e. The smallest absolute Gasteiger partial charge is 0.336 e. The average Bonchev–Trinajstić information content (AvgIpc) is 2.83. The molecule has 0 aliphatic carbocycles. The number of para-hydroxylation sites is 2. The Kier molecular flexibility index (Phi) is 8.17. The molecule has 7 nitrogen and oxygen atoms in total. The SMILES string of the molecule is CCOc1ccccc1C1C(C#N)=C(SCC(=O)Nc2ccccc2)NC(C)=C1C(=O)OC. The van der Waals surface area contributed by atoms with Crippen LogP contribution in [0.4, 0.5) is 5.69 Å². The molecule has 0 spiro atoms. The number of carbonyl (C=O) groups is 2. The van der Waals surface area contributed by atoms with Crippen LogP contribution in [0.3, 0.4) is 0 Å². The Morgan fingerprint density at radius 3 is 2.52 bits per heavy atom. The van der Waals surface area contributed by atoms with Crippen LogP contribution < -0.4 is 15.4 Å². The molecule has 3 rings (SSSR count). The fourth-order valence-electron chi connectivity index (χ4n) is 3.58. The van der Waals surface area contributed by atoms with Crippen LogP contribution in [0.15, 0.2) is 76.5 Å². The molecule has 0 bridgehead atoms. The third-order valence-electron chi connectivity index (χ3n) is 4.99. The van der Waals surface area contributed by atoms with E-state index in [-0.39, 0.29) is 11.7 Å². The summed E-state index contributed by atoms with van der Waals surface area (Å²) in [6.45, 7) is 4.06. The Morgan fingerprint density at radius 2 is 1.85 bits per heavy atom. The van der Waals surface area contributed by atoms with Crippen LogP contribution >= 0.6 is 11.8 Å². The number of allylic oxidation sites excluding steroid dienone is 2. The van der Waals surface area contributed by atoms with Gasteiger partial charge >= 0.3 is 5.97 Å². The van der Waals surface area contributed by atoms with Crippen molar-refractivity contribution in [2.45, 2.75) is 19.8 Å². The Morgan fingerprint density at radius 1 is 1.15 bits per heavy atom. The maximum Gasteiger partial charge on any atom is 0.336 e. The molecule has 0 aromatic heterocycles. The van der Waals surface area contributed by atoms with Crippen molar-refractivity contribution in [1.29, 1.82) is 5.26 Å². The van der Waals surface area contributed by atoms with Crippen LogP contribution in [0.2, 0.25) is 0 Å². The van der Waals surface area contributed by atoms with Gasteiger partial charge in [0.05, 0.1) is 47.6 Å². The monoisotopic (exact) mass is 463 g/mol. The van der Waals surface area contributed by atoms with Gasteiger partial charge in [0.15, 0.2) is 0 Å². The van der Waals surface area contributed by atoms with E-state index in [4.69, 9.17) is 9.47 Å². The number of nitrogens with zero attached hydrogens (tertiary/aromatic N) is 1. The fraction of sp³-hybridized carbons (Fsp3) is 0.240. The van der Waals surface area contributed by atoms with Gasteiger partial charge in [0.1, 0.15) is 5.75 Å². The van der Waals surface area contributed by atoms with Crippen molar-refractivity contribution in [1.82, 2.24) is 5.32 Å². The molecule has 2 N–H and O–H groups in total. The van der Waals surface area contributed by atoms with Gasteiger partial charge < -0.3 is 20.1 Å². The maximum absolute atomic E-state index is 12.7. The first-order valence-electron chi connectivity index (χ1n) is 10.4. The molecule has 1 unspecified atom stereocenters. The van der Waals surface area contributed by atoms with E-state index >= 15 is 0 Å². The standard InChI is InChI=1S/C25H25N3O4S/c1-4-32-20-13-9-8-12-18(20)23-19(14-26)24(27-16(2)22(23)25(30)31-3)33-15-21(29)28-17-10-6-5-7-11-17/h5-13,23,27H,4,15H2,1-3H3,(H,28,29). The third kappa shape index (κ3) is 5.57. The van der Waals surface area contributed by atoms with Gasteiger partial charge in [0, 0.05) is 16.9 Å². The average molecular weight is 464 g/mol. The molecule has 2 aromatic rings. The zero-order valence-corrected chi connectivity index (χ0v) is 19.5. The summed E-state index contributed by atoms with van der Waals surface area (Å²) in [5.41, 5.74) is 2.60. The van der Waals surface area contributed by atoms with Crippen molar-refractivity contribution in [2.75, 3.05) is 24.8 Å². The predicted molar refractivity (Wildman–Crippen MR) is 128 cm³/mol. The lowest BCUT2D eigenvalue weighted by Crippen LogP contribution is -2.29. The highest BCUT2D eigenvalue weighted by Crippen LogP contribution is 2.43. The second-order valence-corrected chi connectivity index (χ2v) is 8.10. The summed E-state index contributed by atoms with van der Waals surface area (Å²) in [4.78, 5) is 25.2. The van der Waals surface area contributed by atoms with Gasteiger partial charge in [-0.3, -0.25) is 4.79 Å². The summed E-state index contributed by atoms with van der Waals surface area (Å²) in [5, 5.41) is 16.6. The quantitative estimate of drug-likeness (QED) is 0.562. The number of anilines is 1. The van der Waals surface area contributed by atoms with Gasteiger partial charge in [0.2, 0.25) is 5.91 Å². The number of esters is 1. The highest BCUT2D eigenvalue weighted by Gasteiger charge is 2.36. The topological polar surface area (TPSA) is 100 Å². The Hall–Kier alpha value is -3.70. The Labute approximate surface area is 197 Å². The van der Waals surface area contributed by atoms with Gasteiger partial charge in [-0.15, -0.1) is 0 Å². The predicted octanol–water partition coefficient (Wildman–Crippen LogP) is 4.33. The van der Waals surface area contributed by atoms with Crippen LogP contribution in [0.1, 0.15) is 25.3 Å². The number of carbonyl (C=O) groups excluding carboxylic acids is 2. The minimum atomic E-state index is -0.689. The van der Waals surface area contributed by atoms with Gasteiger partial charge in [-0.1, -0.05) is 48.2 Å². The second-order valence-electron chi connectivity index (χ2n) is 7.12. The molecule has 0 saturated heterocycles. The largest absolute Gasteiger partial charge is 0.494 e. The first kappa shape index (κ1) is 24.0. The van der Waals surface area contributed by atoms with E-state index in [1.807, 2.05) is 43.3 Å². The molecule has 0 radical (unpaired) electrons. The zero-order valence-electron chi connectivity index (χ0n) is 18.7. The van der Waals surface area contributed by atoms with Crippen LogP contribution in [-0.2, 0) is 14.3 Å². The Balaban J connectivity index is 1.96. The number of methoxy groups -OCH3 is 1. The number of hydrogen-bond donors (Lipinski definition) is 2. The van der Waals surface area contributed by atoms with Gasteiger partial charge in [-0.25, -0.2) is 4.79 Å². The summed E-state index contributed by atoms with van der Waals surface area (Å²) in [5.74, 6) is -0.756. The van der Waals surface area contributed by atoms with E-state index in [1.54, 1.807) is 25.1 Å². The number of benzene rings is 2. The van der Waals surface area contributed by atoms with Crippen LogP contribution in [0.5, 0.6) is 5.75 Å². The van der Waals surface area contributed by atoms with E-state index in [0.717, 1.165) is 0 Å². The number of nitriles is 1. The first-order valence-corrected chi connectivity index (χ1v) is 11.4. The van der Waals surface area contributed by atoms with E-state index < -0.39 is 11.9 Å². The fourth-order valence-corrected chi connectivity index (χ4v) is 4.47. The van der Waals surface area contributed by atoms with E-state index in [0.29, 0.717) is 45.5 Å². The van der Waals surface area contributed by atoms with Gasteiger partial charge in [-0.2, -0.15) is 5.26 Å². The van der Waals surface area contributed by atoms with Crippen molar-refractivity contribution in [3.63, 3.8) is 0 Å². The summed E-state index contributed by atoms with van der Waals surface area (Å²) in [6, 6.07) is 18.7. The van der Waals surface area contributed by atoms with Crippen LogP contribution in [0, 0.1) is 11.3 Å². The molecule has 33 heavy (non-hydrogen) atoms. The van der Waals surface area contributed by atoms with E-state index in [9.17, 15) is 14.9 Å². The third-order valence-corrected chi connectivity index (χ3v) is 6.00. The lowest BCUT2D eigenvalue weighted by Gasteiger charge is -2.30. The van der Waals surface area contributed by atoms with Crippen LogP contribution in [-0.4, -0.2) is 31.3 Å². The van der Waals surface area contributed by atoms with Crippen molar-refractivity contribution >= 4 is 29.3 Å². The summed E-state index contributed by atoms with van der Waals surface area (Å²) >= 11 is 1.21. The number of thioether (sulfide) groups is 1. The van der Waals surface area contributed by atoms with Crippen LogP contribution in [0.25, 0.3) is 0 Å². The first-order chi connectivity index (χ1) is 16.0. The summed E-state index contributed by atoms with van der Waals surface area (Å²) < 4.78 is 10.8. The summed E-state index contributed by atoms with van der Waals surface area (Å²) in [7, 11) is 1.31. The van der Waals surface area contributed by atoms with Crippen molar-refractivity contribution < 1.29 is 19.1 Å². The summed E-state index contributed by atoms with van der Waals surface area (Å²) in [6.07, 6.45) is 0. The molecule has 1 heterocycles. The molecular weight excluding hydrogens is 438 g/mol. The molecule has 8 heteroatoms. The van der Waals surface area contributed by atoms with Crippen molar-refractivity contribution in [2.24, 2.45) is 0 Å². The second kappa shape index (κ2) is 11.2. The molecule has 0 saturated carbocycles. The van der Waals surface area contributed by atoms with Crippen molar-refractivity contribution in [3.05, 3.63) is 82.0 Å². The maximum atomic E-state index is 12.7. The highest BCUT2D eigenvalue weighted by atomic mass is 32.2. The Bertz CT molecular complexity index is 1140. The zero-order chi connectivity index (χ0) is 23.8. The lowest BCUT2D eigenvalue weighted by atomic mass is 9.82. The molecule has 170 valence electrons. The molecule has 1 atom stereocenters. The van der Waals surface area contributed by atoms with Gasteiger partial charge in [0.25, 0.3) is 0 Å². The molecule has 1 amide bonds. The molecule has 1 aliphatic heterocycles. The molecule has 2 aromatic carbocycles. The molecule has 1 aliphatic rings. The number of dihydropyridines is 1. The molecule has 0 fully saturated rings. The molecular formula is C25H25N3O4S. The van der Waals surface area contributed by atoms with Gasteiger partial charge in [-0.05, 0) is 32.0 Å². The number of rotatable bonds is 8. The lowest BCUT2D eigenvalue weighted by molar-refractivity contribution is -0.136. The number of ether oxygens (including phenoxy) is 2. The van der Waals surface area contributed by atoms with E-state index in [1.165, 1.54) is 18.9 Å². The minimum absolute atomic E-state index is 0.0864. The number of amides is 1. The number of hydrogen-bond acceptors (Lipinski definition) is 7. The highest BCUT2D eigenvalue weighted by molar-refractivity contribution is 8.03. The normalized spacial score (nSPS) is 15.4.